The fourth-order valence-electron chi connectivity index (χ4n) is 3.47. The number of anilines is 1. The number of methoxy groups -OCH3 is 1. The molecule has 1 atom stereocenters. The van der Waals surface area contributed by atoms with Gasteiger partial charge in [-0.3, -0.25) is 4.79 Å². The Labute approximate surface area is 183 Å². The molecule has 0 bridgehead atoms. The zero-order chi connectivity index (χ0) is 21.8. The molecule has 0 aliphatic carbocycles. The van der Waals surface area contributed by atoms with Crippen LogP contribution in [0.1, 0.15) is 24.0 Å². The second-order valence-corrected chi connectivity index (χ2v) is 7.85. The number of amides is 1. The third-order valence-corrected chi connectivity index (χ3v) is 5.53. The number of esters is 1. The van der Waals surface area contributed by atoms with Gasteiger partial charge in [0.15, 0.2) is 0 Å². The van der Waals surface area contributed by atoms with Crippen LogP contribution in [0, 0.1) is 17.6 Å². The van der Waals surface area contributed by atoms with Crippen molar-refractivity contribution < 1.29 is 23.1 Å². The van der Waals surface area contributed by atoms with E-state index in [1.54, 1.807) is 12.1 Å². The molecule has 1 unspecified atom stereocenters. The number of hydrogen-bond acceptors (Lipinski definition) is 3. The molecule has 1 saturated heterocycles. The van der Waals surface area contributed by atoms with Gasteiger partial charge in [-0.25, -0.2) is 13.6 Å². The van der Waals surface area contributed by atoms with Gasteiger partial charge in [0.25, 0.3) is 0 Å². The predicted octanol–water partition coefficient (Wildman–Crippen LogP) is 5.44. The molecular weight excluding hydrogens is 435 g/mol. The van der Waals surface area contributed by atoms with Crippen LogP contribution in [0.5, 0.6) is 0 Å². The molecule has 2 aromatic rings. The predicted molar refractivity (Wildman–Crippen MR) is 113 cm³/mol. The summed E-state index contributed by atoms with van der Waals surface area (Å²) in [7, 11) is 1.27. The van der Waals surface area contributed by atoms with Crippen LogP contribution in [-0.4, -0.2) is 25.5 Å². The minimum absolute atomic E-state index is 0.0336. The summed E-state index contributed by atoms with van der Waals surface area (Å²) < 4.78 is 31.7. The van der Waals surface area contributed by atoms with Crippen LogP contribution >= 0.6 is 23.2 Å². The number of nitrogens with zero attached hydrogens (tertiary/aromatic N) is 1. The number of benzene rings is 2. The molecule has 158 valence electrons. The largest absolute Gasteiger partial charge is 0.466 e. The first kappa shape index (κ1) is 22.2. The van der Waals surface area contributed by atoms with Gasteiger partial charge in [0, 0.05) is 25.1 Å². The molecule has 0 saturated carbocycles. The molecule has 0 aromatic heterocycles. The molecule has 4 nitrogen and oxygen atoms in total. The van der Waals surface area contributed by atoms with Gasteiger partial charge in [0.1, 0.15) is 11.6 Å². The SMILES string of the molecule is COC(=O)C=Cc1cc(Cl)c(N2CC(Cc3ccc(F)cc3F)CCC2=O)c(Cl)c1. The first-order chi connectivity index (χ1) is 14.3. The zero-order valence-corrected chi connectivity index (χ0v) is 17.6. The summed E-state index contributed by atoms with van der Waals surface area (Å²) in [6.07, 6.45) is 3.96. The quantitative estimate of drug-likeness (QED) is 0.446. The number of hydrogen-bond donors (Lipinski definition) is 0. The topological polar surface area (TPSA) is 46.6 Å². The number of rotatable bonds is 5. The molecule has 1 aliphatic rings. The van der Waals surface area contributed by atoms with Crippen LogP contribution in [0.25, 0.3) is 6.08 Å². The molecule has 1 fully saturated rings. The summed E-state index contributed by atoms with van der Waals surface area (Å²) in [6, 6.07) is 6.69. The minimum Gasteiger partial charge on any atom is -0.466 e. The molecule has 30 heavy (non-hydrogen) atoms. The Morgan fingerprint density at radius 1 is 1.23 bits per heavy atom. The number of carbonyl (C=O) groups is 2. The van der Waals surface area contributed by atoms with Gasteiger partial charge in [-0.05, 0) is 54.2 Å². The normalized spacial score (nSPS) is 16.9. The van der Waals surface area contributed by atoms with E-state index in [1.165, 1.54) is 36.3 Å². The highest BCUT2D eigenvalue weighted by Crippen LogP contribution is 2.38. The van der Waals surface area contributed by atoms with Crippen LogP contribution in [0.2, 0.25) is 10.0 Å². The highest BCUT2D eigenvalue weighted by Gasteiger charge is 2.30. The van der Waals surface area contributed by atoms with E-state index in [-0.39, 0.29) is 28.3 Å². The second-order valence-electron chi connectivity index (χ2n) is 7.04. The molecule has 2 aromatic carbocycles. The zero-order valence-electron chi connectivity index (χ0n) is 16.1. The lowest BCUT2D eigenvalue weighted by Gasteiger charge is -2.34. The Morgan fingerprint density at radius 2 is 1.93 bits per heavy atom. The lowest BCUT2D eigenvalue weighted by molar-refractivity contribution is -0.134. The van der Waals surface area contributed by atoms with E-state index in [1.807, 2.05) is 0 Å². The molecule has 1 amide bonds. The smallest absolute Gasteiger partial charge is 0.330 e. The van der Waals surface area contributed by atoms with Crippen LogP contribution in [-0.2, 0) is 20.7 Å². The van der Waals surface area contributed by atoms with Crippen molar-refractivity contribution in [3.8, 4) is 0 Å². The van der Waals surface area contributed by atoms with Crippen LogP contribution in [0.4, 0.5) is 14.5 Å². The van der Waals surface area contributed by atoms with E-state index >= 15 is 0 Å². The maximum absolute atomic E-state index is 14.0. The molecule has 0 spiro atoms. The van der Waals surface area contributed by atoms with E-state index in [9.17, 15) is 18.4 Å². The summed E-state index contributed by atoms with van der Waals surface area (Å²) in [4.78, 5) is 25.3. The van der Waals surface area contributed by atoms with Crippen molar-refractivity contribution >= 4 is 46.8 Å². The van der Waals surface area contributed by atoms with Gasteiger partial charge >= 0.3 is 5.97 Å². The average Bonchev–Trinajstić information content (AvgIpc) is 2.70. The van der Waals surface area contributed by atoms with Gasteiger partial charge in [-0.1, -0.05) is 29.3 Å². The summed E-state index contributed by atoms with van der Waals surface area (Å²) in [5.74, 6) is -1.91. The summed E-state index contributed by atoms with van der Waals surface area (Å²) in [6.45, 7) is 0.312. The molecular formula is C22H19Cl2F2NO3. The molecule has 0 N–H and O–H groups in total. The average molecular weight is 454 g/mol. The van der Waals surface area contributed by atoms with Crippen molar-refractivity contribution in [3.05, 3.63) is 69.2 Å². The lowest BCUT2D eigenvalue weighted by Crippen LogP contribution is -2.41. The monoisotopic (exact) mass is 453 g/mol. The van der Waals surface area contributed by atoms with Gasteiger partial charge in [0.05, 0.1) is 22.8 Å². The summed E-state index contributed by atoms with van der Waals surface area (Å²) >= 11 is 12.8. The third kappa shape index (κ3) is 5.18. The van der Waals surface area contributed by atoms with Crippen LogP contribution in [0.15, 0.2) is 36.4 Å². The number of carbonyl (C=O) groups excluding carboxylic acids is 2. The maximum Gasteiger partial charge on any atom is 0.330 e. The van der Waals surface area contributed by atoms with Gasteiger partial charge in [-0.2, -0.15) is 0 Å². The first-order valence-electron chi connectivity index (χ1n) is 9.28. The van der Waals surface area contributed by atoms with Crippen molar-refractivity contribution in [2.75, 3.05) is 18.6 Å². The van der Waals surface area contributed by atoms with Crippen molar-refractivity contribution in [2.45, 2.75) is 19.3 Å². The molecule has 1 aliphatic heterocycles. The minimum atomic E-state index is -0.628. The van der Waals surface area contributed by atoms with Gasteiger partial charge < -0.3 is 9.64 Å². The van der Waals surface area contributed by atoms with Crippen LogP contribution in [0.3, 0.4) is 0 Å². The Morgan fingerprint density at radius 3 is 2.57 bits per heavy atom. The van der Waals surface area contributed by atoms with E-state index in [2.05, 4.69) is 4.74 Å². The van der Waals surface area contributed by atoms with E-state index in [0.29, 0.717) is 36.2 Å². The Bertz CT molecular complexity index is 987. The third-order valence-electron chi connectivity index (χ3n) is 4.95. The summed E-state index contributed by atoms with van der Waals surface area (Å²) in [5, 5.41) is 0.517. The Balaban J connectivity index is 1.82. The molecule has 3 rings (SSSR count). The van der Waals surface area contributed by atoms with E-state index in [4.69, 9.17) is 23.2 Å². The van der Waals surface area contributed by atoms with E-state index in [0.717, 1.165) is 6.07 Å². The number of halogens is 4. The molecule has 1 heterocycles. The second kappa shape index (κ2) is 9.58. The van der Waals surface area contributed by atoms with Crippen LogP contribution < -0.4 is 4.90 Å². The fourth-order valence-corrected chi connectivity index (χ4v) is 4.17. The van der Waals surface area contributed by atoms with Gasteiger partial charge in [0.2, 0.25) is 5.91 Å². The van der Waals surface area contributed by atoms with Crippen molar-refractivity contribution in [2.24, 2.45) is 5.92 Å². The molecule has 8 heteroatoms. The Kier molecular flexibility index (Phi) is 7.10. The van der Waals surface area contributed by atoms with Crippen molar-refractivity contribution in [1.82, 2.24) is 0 Å². The van der Waals surface area contributed by atoms with Gasteiger partial charge in [-0.15, -0.1) is 0 Å². The molecule has 0 radical (unpaired) electrons. The van der Waals surface area contributed by atoms with E-state index < -0.39 is 17.6 Å². The summed E-state index contributed by atoms with van der Waals surface area (Å²) in [5.41, 5.74) is 1.35. The van der Waals surface area contributed by atoms with Crippen molar-refractivity contribution in [3.63, 3.8) is 0 Å². The highest BCUT2D eigenvalue weighted by molar-refractivity contribution is 6.40. The number of piperidine rings is 1. The number of ether oxygens (including phenoxy) is 1. The Hall–Kier alpha value is -2.44. The van der Waals surface area contributed by atoms with Crippen molar-refractivity contribution in [1.29, 1.82) is 0 Å². The fraction of sp³-hybridized carbons (Fsp3) is 0.273. The standard InChI is InChI=1S/C22H19Cl2F2NO3/c1-30-21(29)7-3-13-9-17(23)22(18(24)10-13)27-12-14(2-6-20(27)28)8-15-4-5-16(25)11-19(15)26/h3-5,7,9-11,14H,2,6,8,12H2,1H3. The lowest BCUT2D eigenvalue weighted by atomic mass is 9.90. The highest BCUT2D eigenvalue weighted by atomic mass is 35.5. The maximum atomic E-state index is 14.0. The first-order valence-corrected chi connectivity index (χ1v) is 10.0.